The monoisotopic (exact) mass is 475 g/mol. The third-order valence-electron chi connectivity index (χ3n) is 5.55. The van der Waals surface area contributed by atoms with Crippen LogP contribution >= 0.6 is 0 Å². The van der Waals surface area contributed by atoms with Crippen LogP contribution in [0.5, 0.6) is 0 Å². The van der Waals surface area contributed by atoms with Gasteiger partial charge < -0.3 is 10.2 Å². The molecule has 182 valence electrons. The van der Waals surface area contributed by atoms with E-state index in [-0.39, 0.29) is 17.2 Å². The minimum atomic E-state index is -3.61. The highest BCUT2D eigenvalue weighted by molar-refractivity contribution is 7.89. The number of amidine groups is 1. The number of benzene rings is 1. The Kier molecular flexibility index (Phi) is 9.04. The molecule has 33 heavy (non-hydrogen) atoms. The molecule has 1 amide bonds. The highest BCUT2D eigenvalue weighted by Gasteiger charge is 2.38. The number of likely N-dealkylation sites (tertiary alicyclic amines) is 1. The van der Waals surface area contributed by atoms with E-state index >= 15 is 0 Å². The summed E-state index contributed by atoms with van der Waals surface area (Å²) in [6, 6.07) is 10.3. The SMILES string of the molecule is CCCN1CCC(C#N)(NC(=O)C(CC(C)(C)C)N=C(NS(C)(=O)=O)c2ccccc2)CC1. The average Bonchev–Trinajstić information content (AvgIpc) is 2.73. The number of aliphatic imine (C=N–C) groups is 1. The molecular formula is C24H37N5O3S. The molecule has 1 saturated heterocycles. The molecule has 1 unspecified atom stereocenters. The summed E-state index contributed by atoms with van der Waals surface area (Å²) in [5.74, 6) is -0.245. The molecule has 1 aromatic carbocycles. The van der Waals surface area contributed by atoms with Gasteiger partial charge in [0.1, 0.15) is 17.4 Å². The number of nitrogens with one attached hydrogen (secondary N) is 2. The minimum Gasteiger partial charge on any atom is -0.336 e. The Morgan fingerprint density at radius 1 is 1.24 bits per heavy atom. The zero-order valence-corrected chi connectivity index (χ0v) is 21.2. The smallest absolute Gasteiger partial charge is 0.246 e. The van der Waals surface area contributed by atoms with Gasteiger partial charge in [0.25, 0.3) is 0 Å². The van der Waals surface area contributed by atoms with Crippen molar-refractivity contribution in [2.45, 2.75) is 65.0 Å². The molecule has 0 saturated carbocycles. The van der Waals surface area contributed by atoms with E-state index in [9.17, 15) is 18.5 Å². The Balaban J connectivity index is 2.35. The first kappa shape index (κ1) is 26.8. The molecule has 1 atom stereocenters. The number of nitriles is 1. The Hall–Kier alpha value is -2.44. The molecule has 1 aromatic rings. The molecule has 8 nitrogen and oxygen atoms in total. The summed E-state index contributed by atoms with van der Waals surface area (Å²) in [5.41, 5.74) is -0.621. The standard InChI is InChI=1S/C24H37N5O3S/c1-6-14-29-15-12-24(18-25,13-16-29)27-22(30)20(17-23(2,3)4)26-21(28-33(5,31)32)19-10-8-7-9-11-19/h7-11,20H,6,12-17H2,1-5H3,(H,26,28)(H,27,30). The van der Waals surface area contributed by atoms with Crippen molar-refractivity contribution >= 4 is 21.8 Å². The molecule has 0 radical (unpaired) electrons. The van der Waals surface area contributed by atoms with Crippen molar-refractivity contribution in [1.29, 1.82) is 5.26 Å². The van der Waals surface area contributed by atoms with Crippen molar-refractivity contribution in [3.05, 3.63) is 35.9 Å². The fourth-order valence-corrected chi connectivity index (χ4v) is 4.44. The summed E-state index contributed by atoms with van der Waals surface area (Å²) in [6.45, 7) is 10.6. The van der Waals surface area contributed by atoms with Gasteiger partial charge in [-0.05, 0) is 37.6 Å². The van der Waals surface area contributed by atoms with E-state index in [4.69, 9.17) is 0 Å². The molecule has 0 spiro atoms. The van der Waals surface area contributed by atoms with Crippen LogP contribution in [0, 0.1) is 16.7 Å². The largest absolute Gasteiger partial charge is 0.336 e. The topological polar surface area (TPSA) is 115 Å². The molecule has 1 aliphatic rings. The fraction of sp³-hybridized carbons (Fsp3) is 0.625. The fourth-order valence-electron chi connectivity index (χ4n) is 3.92. The quantitative estimate of drug-likeness (QED) is 0.443. The first-order valence-electron chi connectivity index (χ1n) is 11.4. The molecule has 0 aliphatic carbocycles. The second-order valence-electron chi connectivity index (χ2n) is 10.0. The molecule has 2 rings (SSSR count). The summed E-state index contributed by atoms with van der Waals surface area (Å²) in [7, 11) is -3.61. The lowest BCUT2D eigenvalue weighted by molar-refractivity contribution is -0.124. The van der Waals surface area contributed by atoms with Crippen LogP contribution in [-0.2, 0) is 14.8 Å². The number of rotatable bonds is 8. The van der Waals surface area contributed by atoms with Gasteiger partial charge in [0, 0.05) is 18.7 Å². The average molecular weight is 476 g/mol. The molecular weight excluding hydrogens is 438 g/mol. The molecule has 1 heterocycles. The third-order valence-corrected chi connectivity index (χ3v) is 6.11. The maximum absolute atomic E-state index is 13.4. The highest BCUT2D eigenvalue weighted by atomic mass is 32.2. The predicted molar refractivity (Wildman–Crippen MR) is 131 cm³/mol. The molecule has 1 aliphatic heterocycles. The van der Waals surface area contributed by atoms with Crippen molar-refractivity contribution in [2.75, 3.05) is 25.9 Å². The number of nitrogens with zero attached hydrogens (tertiary/aromatic N) is 3. The Labute approximate surface area is 198 Å². The van der Waals surface area contributed by atoms with Crippen LogP contribution in [-0.4, -0.2) is 62.5 Å². The van der Waals surface area contributed by atoms with Gasteiger partial charge in [-0.1, -0.05) is 58.0 Å². The van der Waals surface area contributed by atoms with Gasteiger partial charge in [0.15, 0.2) is 0 Å². The van der Waals surface area contributed by atoms with Gasteiger partial charge >= 0.3 is 0 Å². The van der Waals surface area contributed by atoms with Gasteiger partial charge in [0.2, 0.25) is 15.9 Å². The minimum absolute atomic E-state index is 0.117. The Morgan fingerprint density at radius 3 is 2.33 bits per heavy atom. The van der Waals surface area contributed by atoms with Crippen LogP contribution in [0.25, 0.3) is 0 Å². The van der Waals surface area contributed by atoms with Crippen molar-refractivity contribution in [3.63, 3.8) is 0 Å². The van der Waals surface area contributed by atoms with Crippen LogP contribution < -0.4 is 10.0 Å². The zero-order chi connectivity index (χ0) is 24.7. The number of carbonyl (C=O) groups excluding carboxylic acids is 1. The number of sulfonamides is 1. The van der Waals surface area contributed by atoms with E-state index in [1.54, 1.807) is 24.3 Å². The Bertz CT molecular complexity index is 970. The van der Waals surface area contributed by atoms with Crippen molar-refractivity contribution in [3.8, 4) is 6.07 Å². The van der Waals surface area contributed by atoms with E-state index in [2.05, 4.69) is 32.9 Å². The normalized spacial score (nSPS) is 18.2. The van der Waals surface area contributed by atoms with Crippen LogP contribution in [0.15, 0.2) is 35.3 Å². The lowest BCUT2D eigenvalue weighted by Crippen LogP contribution is -2.56. The zero-order valence-electron chi connectivity index (χ0n) is 20.4. The van der Waals surface area contributed by atoms with Crippen molar-refractivity contribution in [1.82, 2.24) is 14.9 Å². The van der Waals surface area contributed by atoms with Crippen molar-refractivity contribution < 1.29 is 13.2 Å². The number of piperidine rings is 1. The van der Waals surface area contributed by atoms with Crippen LogP contribution in [0.3, 0.4) is 0 Å². The molecule has 9 heteroatoms. The molecule has 2 N–H and O–H groups in total. The summed E-state index contributed by atoms with van der Waals surface area (Å²) in [4.78, 5) is 20.3. The van der Waals surface area contributed by atoms with Crippen LogP contribution in [0.4, 0.5) is 0 Å². The van der Waals surface area contributed by atoms with Gasteiger partial charge in [0.05, 0.1) is 12.3 Å². The number of hydrogen-bond acceptors (Lipinski definition) is 6. The predicted octanol–water partition coefficient (Wildman–Crippen LogP) is 2.67. The summed E-state index contributed by atoms with van der Waals surface area (Å²) >= 11 is 0. The van der Waals surface area contributed by atoms with Gasteiger partial charge in [-0.15, -0.1) is 0 Å². The van der Waals surface area contributed by atoms with E-state index in [0.717, 1.165) is 32.3 Å². The van der Waals surface area contributed by atoms with Gasteiger partial charge in [-0.25, -0.2) is 8.42 Å². The summed E-state index contributed by atoms with van der Waals surface area (Å²) in [6.07, 6.45) is 3.59. The Morgan fingerprint density at radius 2 is 1.85 bits per heavy atom. The summed E-state index contributed by atoms with van der Waals surface area (Å²) < 4.78 is 26.5. The summed E-state index contributed by atoms with van der Waals surface area (Å²) in [5, 5.41) is 12.9. The van der Waals surface area contributed by atoms with Gasteiger partial charge in [-0.3, -0.25) is 14.5 Å². The lowest BCUT2D eigenvalue weighted by atomic mass is 9.85. The number of carbonyl (C=O) groups is 1. The molecule has 1 fully saturated rings. The lowest BCUT2D eigenvalue weighted by Gasteiger charge is -2.38. The van der Waals surface area contributed by atoms with Crippen LogP contribution in [0.1, 0.15) is 58.9 Å². The first-order valence-corrected chi connectivity index (χ1v) is 13.3. The second-order valence-corrected chi connectivity index (χ2v) is 11.8. The second kappa shape index (κ2) is 11.1. The highest BCUT2D eigenvalue weighted by Crippen LogP contribution is 2.26. The maximum Gasteiger partial charge on any atom is 0.246 e. The van der Waals surface area contributed by atoms with E-state index in [1.807, 2.05) is 26.8 Å². The molecule has 0 aromatic heterocycles. The van der Waals surface area contributed by atoms with Crippen LogP contribution in [0.2, 0.25) is 0 Å². The molecule has 0 bridgehead atoms. The van der Waals surface area contributed by atoms with Crippen molar-refractivity contribution in [2.24, 2.45) is 10.4 Å². The number of hydrogen-bond donors (Lipinski definition) is 2. The first-order chi connectivity index (χ1) is 15.4. The van der Waals surface area contributed by atoms with E-state index in [1.165, 1.54) is 0 Å². The van der Waals surface area contributed by atoms with E-state index < -0.39 is 21.6 Å². The maximum atomic E-state index is 13.4. The van der Waals surface area contributed by atoms with E-state index in [0.29, 0.717) is 24.8 Å². The third kappa shape index (κ3) is 8.78. The number of amides is 1. The van der Waals surface area contributed by atoms with Gasteiger partial charge in [-0.2, -0.15) is 5.26 Å².